The zero-order chi connectivity index (χ0) is 12.0. The maximum atomic E-state index is 10.6. The molecule has 0 spiro atoms. The third kappa shape index (κ3) is 3.74. The van der Waals surface area contributed by atoms with Crippen LogP contribution in [-0.4, -0.2) is 22.7 Å². The standard InChI is InChI=1S/C8H8INO2.CH2O2/c1-4-2-3-5(8(11)12)6(9)7(4)10;2-1-3/h2-3H,10H2,1H3,(H,11,12);1H,(H,2,3). The van der Waals surface area contributed by atoms with Gasteiger partial charge in [-0.1, -0.05) is 6.07 Å². The lowest BCUT2D eigenvalue weighted by Crippen LogP contribution is -2.03. The summed E-state index contributed by atoms with van der Waals surface area (Å²) in [5, 5.41) is 15.6. The molecule has 0 aliphatic rings. The molecule has 4 N–H and O–H groups in total. The average molecular weight is 323 g/mol. The van der Waals surface area contributed by atoms with Crippen LogP contribution in [0.1, 0.15) is 15.9 Å². The lowest BCUT2D eigenvalue weighted by molar-refractivity contribution is -0.122. The van der Waals surface area contributed by atoms with Crippen molar-refractivity contribution in [1.29, 1.82) is 0 Å². The fourth-order valence-electron chi connectivity index (χ4n) is 0.855. The summed E-state index contributed by atoms with van der Waals surface area (Å²) in [5.41, 5.74) is 7.37. The van der Waals surface area contributed by atoms with Crippen LogP contribution in [-0.2, 0) is 4.79 Å². The zero-order valence-electron chi connectivity index (χ0n) is 7.90. The molecule has 0 amide bonds. The number of carbonyl (C=O) groups is 2. The smallest absolute Gasteiger partial charge is 0.336 e. The summed E-state index contributed by atoms with van der Waals surface area (Å²) < 4.78 is 0.611. The summed E-state index contributed by atoms with van der Waals surface area (Å²) in [6.07, 6.45) is 0. The highest BCUT2D eigenvalue weighted by Gasteiger charge is 2.11. The molecule has 6 heteroatoms. The number of halogens is 1. The third-order valence-corrected chi connectivity index (χ3v) is 2.79. The third-order valence-electron chi connectivity index (χ3n) is 1.63. The van der Waals surface area contributed by atoms with Gasteiger partial charge in [-0.3, -0.25) is 4.79 Å². The molecule has 0 aromatic heterocycles. The quantitative estimate of drug-likeness (QED) is 0.414. The molecule has 0 heterocycles. The van der Waals surface area contributed by atoms with Gasteiger partial charge in [0.05, 0.1) is 9.13 Å². The molecule has 1 rings (SSSR count). The number of hydrogen-bond donors (Lipinski definition) is 3. The molecule has 0 bridgehead atoms. The molecule has 0 saturated carbocycles. The van der Waals surface area contributed by atoms with Crippen molar-refractivity contribution in [1.82, 2.24) is 0 Å². The van der Waals surface area contributed by atoms with E-state index >= 15 is 0 Å². The summed E-state index contributed by atoms with van der Waals surface area (Å²) in [5.74, 6) is -0.939. The molecule has 0 radical (unpaired) electrons. The van der Waals surface area contributed by atoms with Crippen LogP contribution in [0.4, 0.5) is 5.69 Å². The van der Waals surface area contributed by atoms with Crippen molar-refractivity contribution in [2.45, 2.75) is 6.92 Å². The number of nitrogen functional groups attached to an aromatic ring is 1. The average Bonchev–Trinajstić information content (AvgIpc) is 2.15. The summed E-state index contributed by atoms with van der Waals surface area (Å²) in [6, 6.07) is 3.27. The first-order valence-corrected chi connectivity index (χ1v) is 4.89. The minimum atomic E-state index is -0.939. The maximum absolute atomic E-state index is 10.6. The van der Waals surface area contributed by atoms with Gasteiger partial charge in [-0.15, -0.1) is 0 Å². The van der Waals surface area contributed by atoms with Crippen LogP contribution >= 0.6 is 22.6 Å². The minimum absolute atomic E-state index is 0.250. The van der Waals surface area contributed by atoms with Crippen LogP contribution in [0.15, 0.2) is 12.1 Å². The van der Waals surface area contributed by atoms with Crippen molar-refractivity contribution >= 4 is 40.7 Å². The van der Waals surface area contributed by atoms with Gasteiger partial charge in [0, 0.05) is 5.69 Å². The highest BCUT2D eigenvalue weighted by Crippen LogP contribution is 2.22. The predicted molar refractivity (Wildman–Crippen MR) is 64.0 cm³/mol. The van der Waals surface area contributed by atoms with Gasteiger partial charge < -0.3 is 15.9 Å². The SMILES string of the molecule is Cc1ccc(C(=O)O)c(I)c1N.O=CO. The van der Waals surface area contributed by atoms with Crippen molar-refractivity contribution in [2.24, 2.45) is 0 Å². The molecule has 1 aromatic rings. The normalized spacial score (nSPS) is 8.67. The van der Waals surface area contributed by atoms with E-state index in [9.17, 15) is 4.79 Å². The van der Waals surface area contributed by atoms with Crippen molar-refractivity contribution in [2.75, 3.05) is 5.73 Å². The molecule has 0 fully saturated rings. The second-order valence-corrected chi connectivity index (χ2v) is 3.65. The Morgan fingerprint density at radius 1 is 1.53 bits per heavy atom. The summed E-state index contributed by atoms with van der Waals surface area (Å²) in [6.45, 7) is 1.60. The number of nitrogens with two attached hydrogens (primary N) is 1. The highest BCUT2D eigenvalue weighted by molar-refractivity contribution is 14.1. The number of hydrogen-bond acceptors (Lipinski definition) is 3. The fourth-order valence-corrected chi connectivity index (χ4v) is 1.69. The highest BCUT2D eigenvalue weighted by atomic mass is 127. The van der Waals surface area contributed by atoms with Crippen molar-refractivity contribution in [3.63, 3.8) is 0 Å². The Balaban J connectivity index is 0.000000583. The molecule has 82 valence electrons. The Morgan fingerprint density at radius 2 is 2.00 bits per heavy atom. The van der Waals surface area contributed by atoms with E-state index in [0.717, 1.165) is 5.56 Å². The van der Waals surface area contributed by atoms with E-state index in [-0.39, 0.29) is 12.0 Å². The first-order chi connectivity index (χ1) is 6.95. The van der Waals surface area contributed by atoms with E-state index in [1.807, 2.05) is 29.5 Å². The molecule has 0 atom stereocenters. The van der Waals surface area contributed by atoms with Crippen molar-refractivity contribution in [3.8, 4) is 0 Å². The number of benzene rings is 1. The second kappa shape index (κ2) is 6.23. The lowest BCUT2D eigenvalue weighted by atomic mass is 10.1. The van der Waals surface area contributed by atoms with Crippen LogP contribution < -0.4 is 5.73 Å². The molecule has 0 aliphatic heterocycles. The maximum Gasteiger partial charge on any atom is 0.336 e. The van der Waals surface area contributed by atoms with Gasteiger partial charge in [-0.2, -0.15) is 0 Å². The van der Waals surface area contributed by atoms with Crippen LogP contribution in [0.25, 0.3) is 0 Å². The number of aromatic carboxylic acids is 1. The van der Waals surface area contributed by atoms with Crippen molar-refractivity contribution < 1.29 is 19.8 Å². The Morgan fingerprint density at radius 3 is 2.40 bits per heavy atom. The molecule has 0 saturated heterocycles. The van der Waals surface area contributed by atoms with E-state index < -0.39 is 5.97 Å². The number of aryl methyl sites for hydroxylation is 1. The largest absolute Gasteiger partial charge is 0.483 e. The van der Waals surface area contributed by atoms with Gasteiger partial charge in [0.2, 0.25) is 0 Å². The molecule has 1 aromatic carbocycles. The molecular formula is C9H10INO4. The van der Waals surface area contributed by atoms with Crippen LogP contribution in [0.5, 0.6) is 0 Å². The van der Waals surface area contributed by atoms with E-state index in [2.05, 4.69) is 0 Å². The van der Waals surface area contributed by atoms with Gasteiger partial charge in [-0.25, -0.2) is 4.79 Å². The molecule has 15 heavy (non-hydrogen) atoms. The van der Waals surface area contributed by atoms with Gasteiger partial charge in [0.1, 0.15) is 0 Å². The van der Waals surface area contributed by atoms with Crippen LogP contribution in [0, 0.1) is 10.5 Å². The number of carboxylic acids is 1. The fraction of sp³-hybridized carbons (Fsp3) is 0.111. The monoisotopic (exact) mass is 323 g/mol. The molecule has 0 aliphatic carbocycles. The van der Waals surface area contributed by atoms with Gasteiger partial charge >= 0.3 is 5.97 Å². The summed E-state index contributed by atoms with van der Waals surface area (Å²) >= 11 is 1.94. The first kappa shape index (κ1) is 13.7. The van der Waals surface area contributed by atoms with E-state index in [0.29, 0.717) is 9.26 Å². The topological polar surface area (TPSA) is 101 Å². The van der Waals surface area contributed by atoms with Crippen LogP contribution in [0.3, 0.4) is 0 Å². The Labute approximate surface area is 100 Å². The Hall–Kier alpha value is -1.31. The Bertz CT molecular complexity index is 379. The minimum Gasteiger partial charge on any atom is -0.483 e. The zero-order valence-corrected chi connectivity index (χ0v) is 10.1. The van der Waals surface area contributed by atoms with Gasteiger partial charge in [-0.05, 0) is 41.1 Å². The van der Waals surface area contributed by atoms with Gasteiger partial charge in [0.25, 0.3) is 6.47 Å². The first-order valence-electron chi connectivity index (χ1n) is 3.81. The molecular weight excluding hydrogens is 313 g/mol. The summed E-state index contributed by atoms with van der Waals surface area (Å²) in [7, 11) is 0. The molecule has 0 unspecified atom stereocenters. The summed E-state index contributed by atoms with van der Waals surface area (Å²) in [4.78, 5) is 19.0. The Kier molecular flexibility index (Phi) is 5.68. The van der Waals surface area contributed by atoms with E-state index in [1.165, 1.54) is 0 Å². The number of anilines is 1. The molecule has 5 nitrogen and oxygen atoms in total. The number of carboxylic acid groups (broad SMARTS) is 2. The van der Waals surface area contributed by atoms with Crippen LogP contribution in [0.2, 0.25) is 0 Å². The van der Waals surface area contributed by atoms with E-state index in [4.69, 9.17) is 20.7 Å². The lowest BCUT2D eigenvalue weighted by Gasteiger charge is -2.05. The second-order valence-electron chi connectivity index (χ2n) is 2.57. The van der Waals surface area contributed by atoms with Gasteiger partial charge in [0.15, 0.2) is 0 Å². The van der Waals surface area contributed by atoms with E-state index in [1.54, 1.807) is 12.1 Å². The van der Waals surface area contributed by atoms with Crippen molar-refractivity contribution in [3.05, 3.63) is 26.8 Å². The predicted octanol–water partition coefficient (Wildman–Crippen LogP) is 1.58. The number of rotatable bonds is 1.